The molecule has 11 nitrogen and oxygen atoms in total. The normalized spacial score (nSPS) is 11.8. The zero-order valence-electron chi connectivity index (χ0n) is 24.5. The fourth-order valence-corrected chi connectivity index (χ4v) is 4.70. The Hall–Kier alpha value is -5.55. The second kappa shape index (κ2) is 15.1. The van der Waals surface area contributed by atoms with E-state index >= 15 is 0 Å². The number of primary amides is 1. The minimum atomic E-state index is -1.08. The molecule has 0 aliphatic carbocycles. The van der Waals surface area contributed by atoms with Crippen molar-refractivity contribution in [2.24, 2.45) is 16.6 Å². The molecule has 0 saturated carbocycles. The monoisotopic (exact) mass is 597 g/mol. The lowest BCUT2D eigenvalue weighted by atomic mass is 9.99. The Morgan fingerprint density at radius 3 is 2.09 bits per heavy atom. The predicted molar refractivity (Wildman–Crippen MR) is 168 cm³/mol. The van der Waals surface area contributed by atoms with Gasteiger partial charge < -0.3 is 41.1 Å². The molecule has 44 heavy (non-hydrogen) atoms. The first kappa shape index (κ1) is 31.4. The fraction of sp³-hybridized carbons (Fsp3) is 0.182. The van der Waals surface area contributed by atoms with Crippen LogP contribution in [0.15, 0.2) is 102 Å². The Morgan fingerprint density at radius 2 is 1.52 bits per heavy atom. The lowest BCUT2D eigenvalue weighted by molar-refractivity contribution is -0.120. The van der Waals surface area contributed by atoms with Gasteiger partial charge in [-0.3, -0.25) is 9.59 Å². The van der Waals surface area contributed by atoms with Crippen LogP contribution in [0, 0.1) is 0 Å². The predicted octanol–water partition coefficient (Wildman–Crippen LogP) is 4.19. The van der Waals surface area contributed by atoms with E-state index in [1.165, 1.54) is 14.2 Å². The van der Waals surface area contributed by atoms with Gasteiger partial charge in [0.25, 0.3) is 0 Å². The van der Waals surface area contributed by atoms with E-state index in [4.69, 9.17) is 30.9 Å². The summed E-state index contributed by atoms with van der Waals surface area (Å²) < 4.78 is 16.8. The van der Waals surface area contributed by atoms with Crippen LogP contribution in [0.2, 0.25) is 0 Å². The average Bonchev–Trinajstić information content (AvgIpc) is 3.04. The van der Waals surface area contributed by atoms with Crippen molar-refractivity contribution < 1.29 is 29.0 Å². The van der Waals surface area contributed by atoms with Gasteiger partial charge >= 0.3 is 0 Å². The van der Waals surface area contributed by atoms with E-state index in [1.54, 1.807) is 41.3 Å². The topological polar surface area (TPSA) is 162 Å². The van der Waals surface area contributed by atoms with Gasteiger partial charge in [0.2, 0.25) is 11.8 Å². The molecular weight excluding hydrogens is 562 g/mol. The number of ether oxygens (including phenoxy) is 3. The van der Waals surface area contributed by atoms with Crippen molar-refractivity contribution in [2.45, 2.75) is 19.2 Å². The molecule has 4 aromatic carbocycles. The second-order valence-electron chi connectivity index (χ2n) is 9.80. The fourth-order valence-electron chi connectivity index (χ4n) is 4.70. The number of nitrogens with two attached hydrogens (primary N) is 2. The third-order valence-electron chi connectivity index (χ3n) is 6.80. The van der Waals surface area contributed by atoms with Crippen LogP contribution in [0.4, 0.5) is 11.4 Å². The van der Waals surface area contributed by atoms with Crippen LogP contribution in [-0.4, -0.2) is 43.7 Å². The molecule has 0 bridgehead atoms. The number of anilines is 2. The van der Waals surface area contributed by atoms with Gasteiger partial charge in [-0.15, -0.1) is 0 Å². The number of carbonyl (C=O) groups excluding carboxylic acids is 2. The highest BCUT2D eigenvalue weighted by molar-refractivity contribution is 5.98. The van der Waals surface area contributed by atoms with Gasteiger partial charge in [-0.05, 0) is 41.5 Å². The van der Waals surface area contributed by atoms with Crippen LogP contribution >= 0.6 is 0 Å². The Labute approximate surface area is 255 Å². The molecule has 0 fully saturated rings. The second-order valence-corrected chi connectivity index (χ2v) is 9.80. The molecule has 1 unspecified atom stereocenters. The van der Waals surface area contributed by atoms with E-state index < -0.39 is 17.9 Å². The summed E-state index contributed by atoms with van der Waals surface area (Å²) in [5, 5.41) is 15.0. The van der Waals surface area contributed by atoms with Crippen LogP contribution in [0.3, 0.4) is 0 Å². The number of benzene rings is 4. The van der Waals surface area contributed by atoms with Crippen LogP contribution in [0.5, 0.6) is 11.5 Å². The van der Waals surface area contributed by atoms with Gasteiger partial charge in [-0.2, -0.15) is 0 Å². The SMILES string of the molecule is COCC(=O)Nc1cc(OCc2ccccc2)c(OC)cc1C(C(N)=O)N(Cc1ccccc1)c1ccc(/C(N)=N/O)cc1. The first-order valence-corrected chi connectivity index (χ1v) is 13.7. The number of hydrogen-bond acceptors (Lipinski definition) is 8. The number of rotatable bonds is 14. The molecule has 228 valence electrons. The molecule has 0 aliphatic rings. The van der Waals surface area contributed by atoms with Crippen molar-refractivity contribution in [2.75, 3.05) is 31.0 Å². The van der Waals surface area contributed by atoms with Crippen LogP contribution < -0.4 is 31.2 Å². The Morgan fingerprint density at radius 1 is 0.886 bits per heavy atom. The van der Waals surface area contributed by atoms with E-state index in [9.17, 15) is 9.59 Å². The number of nitrogens with one attached hydrogen (secondary N) is 1. The molecule has 4 aromatic rings. The zero-order valence-corrected chi connectivity index (χ0v) is 24.5. The molecule has 11 heteroatoms. The minimum absolute atomic E-state index is 0.0587. The summed E-state index contributed by atoms with van der Waals surface area (Å²) in [5.74, 6) is -0.475. The Balaban J connectivity index is 1.85. The van der Waals surface area contributed by atoms with Gasteiger partial charge in [-0.25, -0.2) is 0 Å². The van der Waals surface area contributed by atoms with Gasteiger partial charge in [-0.1, -0.05) is 65.8 Å². The molecule has 2 amide bonds. The third kappa shape index (κ3) is 7.84. The molecule has 0 saturated heterocycles. The van der Waals surface area contributed by atoms with Crippen molar-refractivity contribution in [1.29, 1.82) is 0 Å². The van der Waals surface area contributed by atoms with Gasteiger partial charge in [0.15, 0.2) is 17.3 Å². The lowest BCUT2D eigenvalue weighted by Crippen LogP contribution is -2.38. The van der Waals surface area contributed by atoms with Crippen LogP contribution in [0.25, 0.3) is 0 Å². The smallest absolute Gasteiger partial charge is 0.250 e. The van der Waals surface area contributed by atoms with Crippen molar-refractivity contribution in [1.82, 2.24) is 0 Å². The Kier molecular flexibility index (Phi) is 10.8. The minimum Gasteiger partial charge on any atom is -0.493 e. The first-order valence-electron chi connectivity index (χ1n) is 13.7. The zero-order chi connectivity index (χ0) is 31.5. The van der Waals surface area contributed by atoms with Crippen molar-refractivity contribution in [3.63, 3.8) is 0 Å². The molecule has 0 radical (unpaired) electrons. The highest BCUT2D eigenvalue weighted by atomic mass is 16.5. The van der Waals surface area contributed by atoms with E-state index in [-0.39, 0.29) is 25.6 Å². The molecule has 4 rings (SSSR count). The van der Waals surface area contributed by atoms with Crippen molar-refractivity contribution >= 4 is 29.0 Å². The van der Waals surface area contributed by atoms with Gasteiger partial charge in [0.1, 0.15) is 19.3 Å². The number of amidine groups is 1. The van der Waals surface area contributed by atoms with Gasteiger partial charge in [0, 0.05) is 36.5 Å². The Bertz CT molecular complexity index is 1580. The molecule has 0 spiro atoms. The molecule has 0 aliphatic heterocycles. The molecule has 0 aromatic heterocycles. The van der Waals surface area contributed by atoms with Crippen molar-refractivity contribution in [3.8, 4) is 11.5 Å². The molecule has 0 heterocycles. The largest absolute Gasteiger partial charge is 0.493 e. The standard InChI is InChI=1S/C33H35N5O6/c1-42-21-30(39)36-27-18-29(44-20-23-11-7-4-8-12-23)28(43-2)17-26(27)31(33(35)40)38(19-22-9-5-3-6-10-22)25-15-13-24(14-16-25)32(34)37-41/h3-18,31,41H,19-21H2,1-2H3,(H2,34,37)(H2,35,40)(H,36,39). The van der Waals surface area contributed by atoms with E-state index in [0.29, 0.717) is 34.0 Å². The molecule has 1 atom stereocenters. The van der Waals surface area contributed by atoms with Crippen LogP contribution in [0.1, 0.15) is 28.3 Å². The summed E-state index contributed by atoms with van der Waals surface area (Å²) in [5.41, 5.74) is 15.5. The maximum Gasteiger partial charge on any atom is 0.250 e. The quantitative estimate of drug-likeness (QED) is 0.0728. The van der Waals surface area contributed by atoms with Crippen LogP contribution in [-0.2, 0) is 27.5 Å². The number of amides is 2. The van der Waals surface area contributed by atoms with E-state index in [0.717, 1.165) is 11.1 Å². The molecular formula is C33H35N5O6. The average molecular weight is 598 g/mol. The number of oxime groups is 1. The number of nitrogens with zero attached hydrogens (tertiary/aromatic N) is 2. The first-order chi connectivity index (χ1) is 21.3. The van der Waals surface area contributed by atoms with E-state index in [1.807, 2.05) is 60.7 Å². The maximum atomic E-state index is 13.4. The van der Waals surface area contributed by atoms with Gasteiger partial charge in [0.05, 0.1) is 12.8 Å². The summed E-state index contributed by atoms with van der Waals surface area (Å²) in [4.78, 5) is 28.0. The highest BCUT2D eigenvalue weighted by Gasteiger charge is 2.31. The summed E-state index contributed by atoms with van der Waals surface area (Å²) in [7, 11) is 2.90. The summed E-state index contributed by atoms with van der Waals surface area (Å²) in [6.07, 6.45) is 0. The summed E-state index contributed by atoms with van der Waals surface area (Å²) in [6, 6.07) is 28.1. The highest BCUT2D eigenvalue weighted by Crippen LogP contribution is 2.40. The van der Waals surface area contributed by atoms with E-state index in [2.05, 4.69) is 10.5 Å². The number of hydrogen-bond donors (Lipinski definition) is 4. The lowest BCUT2D eigenvalue weighted by Gasteiger charge is -2.34. The third-order valence-corrected chi connectivity index (χ3v) is 6.80. The number of carbonyl (C=O) groups is 2. The summed E-state index contributed by atoms with van der Waals surface area (Å²) in [6.45, 7) is 0.307. The molecule has 6 N–H and O–H groups in total. The summed E-state index contributed by atoms with van der Waals surface area (Å²) >= 11 is 0. The maximum absolute atomic E-state index is 13.4. The van der Waals surface area contributed by atoms with Crippen molar-refractivity contribution in [3.05, 3.63) is 119 Å². The number of methoxy groups -OCH3 is 2.